The summed E-state index contributed by atoms with van der Waals surface area (Å²) < 4.78 is 1.12. The van der Waals surface area contributed by atoms with E-state index in [1.807, 2.05) is 24.3 Å². The van der Waals surface area contributed by atoms with Crippen LogP contribution in [0.2, 0.25) is 0 Å². The molecule has 60 valence electrons. The van der Waals surface area contributed by atoms with Gasteiger partial charge < -0.3 is 0 Å². The molecule has 0 spiro atoms. The van der Waals surface area contributed by atoms with Gasteiger partial charge in [-0.1, -0.05) is 18.2 Å². The largest absolute Gasteiger partial charge is 0.268 e. The zero-order valence-electron chi connectivity index (χ0n) is 6.20. The van der Waals surface area contributed by atoms with Crippen LogP contribution in [0.25, 0.3) is 10.9 Å². The van der Waals surface area contributed by atoms with Crippen LogP contribution in [-0.2, 0) is 0 Å². The molecule has 0 aliphatic rings. The molecule has 1 aromatic carbocycles. The quantitative estimate of drug-likeness (QED) is 0.607. The van der Waals surface area contributed by atoms with E-state index in [2.05, 4.69) is 0 Å². The number of nitrogens with zero attached hydrogens (tertiary/aromatic N) is 1. The normalized spacial score (nSPS) is 10.4. The smallest absolute Gasteiger partial charge is 0.265 e. The lowest BCUT2D eigenvalue weighted by molar-refractivity contribution is 1.19. The lowest BCUT2D eigenvalue weighted by Crippen LogP contribution is -2.10. The van der Waals surface area contributed by atoms with Crippen molar-refractivity contribution >= 4 is 22.7 Å². The molecule has 0 bridgehead atoms. The molecule has 12 heavy (non-hydrogen) atoms. The van der Waals surface area contributed by atoms with Gasteiger partial charge in [-0.2, -0.15) is 0 Å². The van der Waals surface area contributed by atoms with Crippen molar-refractivity contribution in [2.24, 2.45) is 0 Å². The van der Waals surface area contributed by atoms with Crippen LogP contribution in [0.3, 0.4) is 0 Å². The Balaban J connectivity index is 3.01. The molecular formula is C9H6ClNO. The van der Waals surface area contributed by atoms with Crippen LogP contribution in [0.4, 0.5) is 0 Å². The molecule has 0 unspecified atom stereocenters. The number of halogens is 1. The van der Waals surface area contributed by atoms with Crippen molar-refractivity contribution in [3.8, 4) is 0 Å². The van der Waals surface area contributed by atoms with Gasteiger partial charge >= 0.3 is 0 Å². The molecule has 0 aliphatic carbocycles. The van der Waals surface area contributed by atoms with Crippen molar-refractivity contribution in [1.82, 2.24) is 4.09 Å². The van der Waals surface area contributed by atoms with Crippen LogP contribution in [0, 0.1) is 0 Å². The summed E-state index contributed by atoms with van der Waals surface area (Å²) in [4.78, 5) is 11.1. The van der Waals surface area contributed by atoms with E-state index in [-0.39, 0.29) is 5.56 Å². The van der Waals surface area contributed by atoms with E-state index < -0.39 is 0 Å². The first-order chi connectivity index (χ1) is 5.79. The summed E-state index contributed by atoms with van der Waals surface area (Å²) in [6.45, 7) is 0. The van der Waals surface area contributed by atoms with E-state index in [1.54, 1.807) is 6.07 Å². The van der Waals surface area contributed by atoms with Gasteiger partial charge in [-0.15, -0.1) is 0 Å². The van der Waals surface area contributed by atoms with E-state index in [0.717, 1.165) is 15.0 Å². The monoisotopic (exact) mass is 179 g/mol. The van der Waals surface area contributed by atoms with Gasteiger partial charge in [-0.3, -0.25) is 4.79 Å². The molecule has 0 atom stereocenters. The number of rotatable bonds is 0. The Kier molecular flexibility index (Phi) is 1.62. The van der Waals surface area contributed by atoms with Crippen LogP contribution >= 0.6 is 11.8 Å². The molecule has 0 saturated heterocycles. The first-order valence-corrected chi connectivity index (χ1v) is 3.90. The van der Waals surface area contributed by atoms with Crippen molar-refractivity contribution in [1.29, 1.82) is 0 Å². The number of pyridine rings is 1. The maximum absolute atomic E-state index is 11.1. The minimum absolute atomic E-state index is 0.199. The highest BCUT2D eigenvalue weighted by molar-refractivity contribution is 6.18. The summed E-state index contributed by atoms with van der Waals surface area (Å²) in [5.41, 5.74) is 0.544. The second-order valence-corrected chi connectivity index (χ2v) is 2.85. The van der Waals surface area contributed by atoms with Gasteiger partial charge in [0.05, 0.1) is 5.52 Å². The van der Waals surface area contributed by atoms with Gasteiger partial charge in [0.2, 0.25) is 0 Å². The Hall–Kier alpha value is -1.28. The van der Waals surface area contributed by atoms with Crippen LogP contribution in [0.15, 0.2) is 41.2 Å². The summed E-state index contributed by atoms with van der Waals surface area (Å²) >= 11 is 5.73. The Bertz CT molecular complexity index is 475. The molecule has 1 heterocycles. The predicted octanol–water partition coefficient (Wildman–Crippen LogP) is 2.00. The fourth-order valence-corrected chi connectivity index (χ4v) is 1.36. The number of aromatic nitrogens is 1. The number of hydrogen-bond donors (Lipinski definition) is 0. The maximum atomic E-state index is 11.1. The molecular weight excluding hydrogens is 174 g/mol. The number of para-hydroxylation sites is 1. The van der Waals surface area contributed by atoms with E-state index >= 15 is 0 Å². The highest BCUT2D eigenvalue weighted by Gasteiger charge is 1.97. The van der Waals surface area contributed by atoms with Crippen molar-refractivity contribution in [3.63, 3.8) is 0 Å². The van der Waals surface area contributed by atoms with E-state index in [4.69, 9.17) is 11.8 Å². The Labute approximate surface area is 74.1 Å². The summed E-state index contributed by atoms with van der Waals surface area (Å²) in [7, 11) is 0. The van der Waals surface area contributed by atoms with Crippen molar-refractivity contribution in [3.05, 3.63) is 46.8 Å². The summed E-state index contributed by atoms with van der Waals surface area (Å²) in [6, 6.07) is 10.7. The van der Waals surface area contributed by atoms with Gasteiger partial charge in [0.1, 0.15) is 0 Å². The van der Waals surface area contributed by atoms with Crippen molar-refractivity contribution in [2.45, 2.75) is 0 Å². The lowest BCUT2D eigenvalue weighted by Gasteiger charge is -1.99. The molecule has 0 radical (unpaired) electrons. The molecule has 0 amide bonds. The Morgan fingerprint density at radius 3 is 2.67 bits per heavy atom. The Morgan fingerprint density at radius 2 is 1.83 bits per heavy atom. The molecule has 0 N–H and O–H groups in total. The minimum atomic E-state index is -0.199. The number of hydrogen-bond acceptors (Lipinski definition) is 1. The lowest BCUT2D eigenvalue weighted by atomic mass is 10.2. The topological polar surface area (TPSA) is 22.0 Å². The van der Waals surface area contributed by atoms with Crippen LogP contribution in [0.5, 0.6) is 0 Å². The minimum Gasteiger partial charge on any atom is -0.268 e. The standard InChI is InChI=1S/C9H6ClNO/c10-11-8-4-2-1-3-7(8)5-6-9(11)12/h1-6H. The van der Waals surface area contributed by atoms with Crippen LogP contribution < -0.4 is 5.56 Å². The second kappa shape index (κ2) is 2.64. The molecule has 0 aliphatic heterocycles. The molecule has 2 aromatic rings. The van der Waals surface area contributed by atoms with Crippen molar-refractivity contribution in [2.75, 3.05) is 0 Å². The summed E-state index contributed by atoms with van der Waals surface area (Å²) in [6.07, 6.45) is 0. The van der Waals surface area contributed by atoms with Crippen molar-refractivity contribution < 1.29 is 0 Å². The first kappa shape index (κ1) is 7.37. The summed E-state index contributed by atoms with van der Waals surface area (Å²) in [5, 5.41) is 0.965. The predicted molar refractivity (Wildman–Crippen MR) is 49.5 cm³/mol. The molecule has 1 aromatic heterocycles. The summed E-state index contributed by atoms with van der Waals surface area (Å²) in [5.74, 6) is 0. The molecule has 0 fully saturated rings. The highest BCUT2D eigenvalue weighted by atomic mass is 35.5. The fraction of sp³-hybridized carbons (Fsp3) is 0. The molecule has 3 heteroatoms. The third-order valence-electron chi connectivity index (χ3n) is 1.75. The van der Waals surface area contributed by atoms with Crippen LogP contribution in [-0.4, -0.2) is 4.09 Å². The van der Waals surface area contributed by atoms with Gasteiger partial charge in [0, 0.05) is 17.8 Å². The molecule has 2 nitrogen and oxygen atoms in total. The third-order valence-corrected chi connectivity index (χ3v) is 2.10. The second-order valence-electron chi connectivity index (χ2n) is 2.51. The van der Waals surface area contributed by atoms with E-state index in [0.29, 0.717) is 0 Å². The SMILES string of the molecule is O=c1ccc2ccccc2n1Cl. The third kappa shape index (κ3) is 1.01. The van der Waals surface area contributed by atoms with Gasteiger partial charge in [-0.05, 0) is 17.5 Å². The zero-order valence-corrected chi connectivity index (χ0v) is 6.95. The van der Waals surface area contributed by atoms with Gasteiger partial charge in [0.25, 0.3) is 5.56 Å². The van der Waals surface area contributed by atoms with Gasteiger partial charge in [-0.25, -0.2) is 4.09 Å². The molecule has 2 rings (SSSR count). The van der Waals surface area contributed by atoms with Gasteiger partial charge in [0.15, 0.2) is 0 Å². The number of benzene rings is 1. The van der Waals surface area contributed by atoms with E-state index in [9.17, 15) is 4.79 Å². The Morgan fingerprint density at radius 1 is 1.08 bits per heavy atom. The fourth-order valence-electron chi connectivity index (χ4n) is 1.15. The molecule has 0 saturated carbocycles. The van der Waals surface area contributed by atoms with E-state index in [1.165, 1.54) is 6.07 Å². The maximum Gasteiger partial charge on any atom is 0.265 e. The van der Waals surface area contributed by atoms with Crippen LogP contribution in [0.1, 0.15) is 0 Å². The zero-order chi connectivity index (χ0) is 8.55. The highest BCUT2D eigenvalue weighted by Crippen LogP contribution is 2.10. The average molecular weight is 180 g/mol. The number of fused-ring (bicyclic) bond motifs is 1. The average Bonchev–Trinajstić information content (AvgIpc) is 2.12. The first-order valence-electron chi connectivity index (χ1n) is 3.56.